The number of amides is 1. The molecule has 1 amide bonds. The number of furan rings is 1. The Labute approximate surface area is 191 Å². The molecule has 2 aromatic heterocycles. The van der Waals surface area contributed by atoms with Crippen LogP contribution in [-0.2, 0) is 11.3 Å². The van der Waals surface area contributed by atoms with Gasteiger partial charge in [-0.05, 0) is 66.8 Å². The maximum atomic E-state index is 13.2. The number of hydrogen-bond donors (Lipinski definition) is 2. The molecule has 7 heteroatoms. The van der Waals surface area contributed by atoms with Gasteiger partial charge in [-0.25, -0.2) is 9.07 Å². The number of benzene rings is 2. The highest BCUT2D eigenvalue weighted by Gasteiger charge is 2.22. The largest absolute Gasteiger partial charge is 0.463 e. The topological polar surface area (TPSA) is 72.1 Å². The fourth-order valence-corrected chi connectivity index (χ4v) is 4.19. The van der Waals surface area contributed by atoms with E-state index in [1.165, 1.54) is 12.1 Å². The van der Waals surface area contributed by atoms with E-state index in [1.807, 2.05) is 47.3 Å². The Bertz CT molecular complexity index is 1210. The molecule has 6 nitrogen and oxygen atoms in total. The van der Waals surface area contributed by atoms with Crippen LogP contribution in [0.4, 0.5) is 4.39 Å². The first-order chi connectivity index (χ1) is 16.2. The summed E-state index contributed by atoms with van der Waals surface area (Å²) in [7, 11) is 0. The summed E-state index contributed by atoms with van der Waals surface area (Å²) in [5.41, 5.74) is 4.61. The molecule has 168 valence electrons. The zero-order valence-corrected chi connectivity index (χ0v) is 18.1. The number of rotatable bonds is 6. The quantitative estimate of drug-likeness (QED) is 0.452. The molecule has 0 bridgehead atoms. The minimum absolute atomic E-state index is 0.0517. The summed E-state index contributed by atoms with van der Waals surface area (Å²) >= 11 is 0. The predicted octanol–water partition coefficient (Wildman–Crippen LogP) is 4.70. The standard InChI is InChI=1S/C26H25FN4O2/c27-21-10-6-18(7-11-21)19-8-12-22(13-9-19)31-25(24-5-3-15-33-24)20(17-30-31)16-29-23-4-1-2-14-28-26(23)32/h3,5-13,15,17,23,29H,1-2,4,14,16H2,(H,28,32). The Kier molecular flexibility index (Phi) is 6.04. The monoisotopic (exact) mass is 444 g/mol. The summed E-state index contributed by atoms with van der Waals surface area (Å²) in [6, 6.07) is 17.9. The van der Waals surface area contributed by atoms with Gasteiger partial charge in [0.2, 0.25) is 5.91 Å². The van der Waals surface area contributed by atoms with Gasteiger partial charge in [0.05, 0.1) is 24.2 Å². The Morgan fingerprint density at radius 3 is 2.55 bits per heavy atom. The molecule has 1 unspecified atom stereocenters. The van der Waals surface area contributed by atoms with Crippen LogP contribution in [0, 0.1) is 5.82 Å². The predicted molar refractivity (Wildman–Crippen MR) is 124 cm³/mol. The number of nitrogens with zero attached hydrogens (tertiary/aromatic N) is 2. The maximum absolute atomic E-state index is 13.2. The maximum Gasteiger partial charge on any atom is 0.237 e. The molecule has 1 fully saturated rings. The lowest BCUT2D eigenvalue weighted by Crippen LogP contribution is -2.42. The average molecular weight is 445 g/mol. The highest BCUT2D eigenvalue weighted by Crippen LogP contribution is 2.29. The van der Waals surface area contributed by atoms with Crippen LogP contribution in [0.2, 0.25) is 0 Å². The van der Waals surface area contributed by atoms with Gasteiger partial charge < -0.3 is 15.1 Å². The Hall–Kier alpha value is -3.71. The first-order valence-corrected chi connectivity index (χ1v) is 11.2. The number of halogens is 1. The van der Waals surface area contributed by atoms with Crippen LogP contribution in [0.15, 0.2) is 77.5 Å². The van der Waals surface area contributed by atoms with Gasteiger partial charge in [-0.3, -0.25) is 4.79 Å². The molecule has 2 aromatic carbocycles. The zero-order chi connectivity index (χ0) is 22.6. The third-order valence-corrected chi connectivity index (χ3v) is 5.96. The van der Waals surface area contributed by atoms with Crippen molar-refractivity contribution in [3.63, 3.8) is 0 Å². The van der Waals surface area contributed by atoms with E-state index < -0.39 is 0 Å². The van der Waals surface area contributed by atoms with Crippen molar-refractivity contribution in [2.75, 3.05) is 6.54 Å². The van der Waals surface area contributed by atoms with Crippen molar-refractivity contribution in [3.8, 4) is 28.3 Å². The van der Waals surface area contributed by atoms with Crippen molar-refractivity contribution in [2.24, 2.45) is 0 Å². The summed E-state index contributed by atoms with van der Waals surface area (Å²) in [5.74, 6) is 0.505. The highest BCUT2D eigenvalue weighted by molar-refractivity contribution is 5.82. The second kappa shape index (κ2) is 9.42. The summed E-state index contributed by atoms with van der Waals surface area (Å²) in [6.07, 6.45) is 6.29. The molecular formula is C26H25FN4O2. The number of carbonyl (C=O) groups is 1. The molecule has 0 radical (unpaired) electrons. The van der Waals surface area contributed by atoms with Gasteiger partial charge in [0, 0.05) is 18.7 Å². The van der Waals surface area contributed by atoms with E-state index in [-0.39, 0.29) is 17.8 Å². The molecule has 0 saturated carbocycles. The van der Waals surface area contributed by atoms with E-state index in [0.717, 1.165) is 53.9 Å². The van der Waals surface area contributed by atoms with Crippen LogP contribution in [0.5, 0.6) is 0 Å². The van der Waals surface area contributed by atoms with Crippen molar-refractivity contribution < 1.29 is 13.6 Å². The van der Waals surface area contributed by atoms with E-state index in [0.29, 0.717) is 12.3 Å². The molecule has 1 aliphatic heterocycles. The molecule has 5 rings (SSSR count). The summed E-state index contributed by atoms with van der Waals surface area (Å²) in [4.78, 5) is 12.3. The Morgan fingerprint density at radius 1 is 1.06 bits per heavy atom. The molecule has 0 aliphatic carbocycles. The van der Waals surface area contributed by atoms with Crippen molar-refractivity contribution >= 4 is 5.91 Å². The van der Waals surface area contributed by atoms with Gasteiger partial charge in [-0.2, -0.15) is 5.10 Å². The smallest absolute Gasteiger partial charge is 0.237 e. The van der Waals surface area contributed by atoms with Gasteiger partial charge in [0.25, 0.3) is 0 Å². The molecular weight excluding hydrogens is 419 g/mol. The van der Waals surface area contributed by atoms with Crippen molar-refractivity contribution in [1.29, 1.82) is 0 Å². The fourth-order valence-electron chi connectivity index (χ4n) is 4.19. The van der Waals surface area contributed by atoms with Gasteiger partial charge in [-0.1, -0.05) is 24.3 Å². The molecule has 4 aromatic rings. The van der Waals surface area contributed by atoms with Crippen LogP contribution in [-0.4, -0.2) is 28.3 Å². The van der Waals surface area contributed by atoms with Crippen molar-refractivity contribution in [1.82, 2.24) is 20.4 Å². The zero-order valence-electron chi connectivity index (χ0n) is 18.1. The van der Waals surface area contributed by atoms with E-state index in [4.69, 9.17) is 4.42 Å². The van der Waals surface area contributed by atoms with Crippen LogP contribution in [0.3, 0.4) is 0 Å². The average Bonchev–Trinajstić information content (AvgIpc) is 3.46. The summed E-state index contributed by atoms with van der Waals surface area (Å²) < 4.78 is 20.8. The SMILES string of the molecule is O=C1NCCCCC1NCc1cnn(-c2ccc(-c3ccc(F)cc3)cc2)c1-c1ccco1. The summed E-state index contributed by atoms with van der Waals surface area (Å²) in [5, 5.41) is 11.0. The van der Waals surface area contributed by atoms with Gasteiger partial charge in [0.15, 0.2) is 5.76 Å². The third-order valence-electron chi connectivity index (χ3n) is 5.96. The third kappa shape index (κ3) is 4.59. The Balaban J connectivity index is 1.42. The number of hydrogen-bond acceptors (Lipinski definition) is 4. The van der Waals surface area contributed by atoms with E-state index >= 15 is 0 Å². The summed E-state index contributed by atoms with van der Waals surface area (Å²) in [6.45, 7) is 1.24. The Morgan fingerprint density at radius 2 is 1.82 bits per heavy atom. The molecule has 3 heterocycles. The second-order valence-corrected chi connectivity index (χ2v) is 8.18. The van der Waals surface area contributed by atoms with Crippen LogP contribution >= 0.6 is 0 Å². The minimum atomic E-state index is -0.252. The van der Waals surface area contributed by atoms with Gasteiger partial charge in [-0.15, -0.1) is 0 Å². The van der Waals surface area contributed by atoms with Crippen LogP contribution in [0.25, 0.3) is 28.3 Å². The normalized spacial score (nSPS) is 16.4. The number of nitrogens with one attached hydrogen (secondary N) is 2. The number of carbonyl (C=O) groups excluding carboxylic acids is 1. The van der Waals surface area contributed by atoms with Gasteiger partial charge >= 0.3 is 0 Å². The molecule has 2 N–H and O–H groups in total. The van der Waals surface area contributed by atoms with E-state index in [2.05, 4.69) is 15.7 Å². The van der Waals surface area contributed by atoms with Crippen molar-refractivity contribution in [2.45, 2.75) is 31.8 Å². The highest BCUT2D eigenvalue weighted by atomic mass is 19.1. The molecule has 0 spiro atoms. The van der Waals surface area contributed by atoms with E-state index in [1.54, 1.807) is 18.4 Å². The molecule has 1 atom stereocenters. The van der Waals surface area contributed by atoms with E-state index in [9.17, 15) is 9.18 Å². The lowest BCUT2D eigenvalue weighted by atomic mass is 10.1. The molecule has 33 heavy (non-hydrogen) atoms. The molecule has 1 aliphatic rings. The number of aromatic nitrogens is 2. The second-order valence-electron chi connectivity index (χ2n) is 8.18. The minimum Gasteiger partial charge on any atom is -0.463 e. The van der Waals surface area contributed by atoms with Crippen molar-refractivity contribution in [3.05, 3.63) is 84.5 Å². The molecule has 1 saturated heterocycles. The lowest BCUT2D eigenvalue weighted by molar-refractivity contribution is -0.122. The van der Waals surface area contributed by atoms with Crippen LogP contribution < -0.4 is 10.6 Å². The van der Waals surface area contributed by atoms with Crippen LogP contribution in [0.1, 0.15) is 24.8 Å². The first-order valence-electron chi connectivity index (χ1n) is 11.2. The first kappa shape index (κ1) is 21.2. The fraction of sp³-hybridized carbons (Fsp3) is 0.231. The van der Waals surface area contributed by atoms with Gasteiger partial charge in [0.1, 0.15) is 11.5 Å². The lowest BCUT2D eigenvalue weighted by Gasteiger charge is -2.15.